The van der Waals surface area contributed by atoms with Gasteiger partial charge in [0.05, 0.1) is 0 Å². The summed E-state index contributed by atoms with van der Waals surface area (Å²) < 4.78 is 9.68. The second-order valence-corrected chi connectivity index (χ2v) is 4.94. The molecule has 0 aromatic heterocycles. The highest BCUT2D eigenvalue weighted by Crippen LogP contribution is 2.21. The number of hydrogen-bond donors (Lipinski definition) is 0. The van der Waals surface area contributed by atoms with Crippen LogP contribution in [0.2, 0.25) is 0 Å². The van der Waals surface area contributed by atoms with E-state index in [1.165, 1.54) is 12.7 Å². The molecule has 0 spiro atoms. The number of ether oxygens (including phenoxy) is 2. The summed E-state index contributed by atoms with van der Waals surface area (Å²) in [5.41, 5.74) is 1.38. The molecule has 19 heavy (non-hydrogen) atoms. The van der Waals surface area contributed by atoms with Crippen LogP contribution in [0, 0.1) is 5.92 Å². The summed E-state index contributed by atoms with van der Waals surface area (Å²) in [6.07, 6.45) is 2.91. The molecule has 0 radical (unpaired) electrons. The molecule has 0 saturated carbocycles. The molecule has 0 unspecified atom stereocenters. The van der Waals surface area contributed by atoms with E-state index in [4.69, 9.17) is 9.47 Å². The molecule has 2 rings (SSSR count). The molecule has 4 nitrogen and oxygen atoms in total. The molecule has 0 aliphatic carbocycles. The van der Waals surface area contributed by atoms with Gasteiger partial charge in [0.2, 0.25) is 0 Å². The van der Waals surface area contributed by atoms with Crippen LogP contribution in [-0.4, -0.2) is 38.0 Å². The normalized spacial score (nSPS) is 16.4. The molecule has 0 bridgehead atoms. The molecular formula is C15H21NO3. The smallest absolute Gasteiger partial charge is 0.411 e. The van der Waals surface area contributed by atoms with Crippen molar-refractivity contribution in [2.75, 3.05) is 27.0 Å². The van der Waals surface area contributed by atoms with Crippen molar-refractivity contribution in [2.24, 2.45) is 5.92 Å². The molecule has 0 N–H and O–H groups in total. The van der Waals surface area contributed by atoms with Crippen molar-refractivity contribution in [1.82, 2.24) is 4.90 Å². The van der Waals surface area contributed by atoms with E-state index in [2.05, 4.69) is 24.3 Å². The minimum Gasteiger partial charge on any atom is -0.422 e. The average Bonchev–Trinajstić information content (AvgIpc) is 2.46. The Kier molecular flexibility index (Phi) is 5.21. The zero-order chi connectivity index (χ0) is 13.5. The maximum Gasteiger partial charge on any atom is 0.411 e. The van der Waals surface area contributed by atoms with Crippen LogP contribution in [0.4, 0.5) is 4.79 Å². The van der Waals surface area contributed by atoms with Gasteiger partial charge in [0, 0.05) is 20.2 Å². The predicted molar refractivity (Wildman–Crippen MR) is 72.8 cm³/mol. The van der Waals surface area contributed by atoms with E-state index >= 15 is 0 Å². The fraction of sp³-hybridized carbons (Fsp3) is 0.533. The monoisotopic (exact) mass is 263 g/mol. The molecule has 0 atom stereocenters. The number of carbonyl (C=O) groups excluding carboxylic acids is 1. The van der Waals surface area contributed by atoms with Crippen LogP contribution in [0.15, 0.2) is 30.3 Å². The lowest BCUT2D eigenvalue weighted by molar-refractivity contribution is -0.00813. The highest BCUT2D eigenvalue weighted by Gasteiger charge is 2.23. The van der Waals surface area contributed by atoms with Gasteiger partial charge in [0.15, 0.2) is 6.79 Å². The summed E-state index contributed by atoms with van der Waals surface area (Å²) in [5, 5.41) is 0. The number of nitrogens with zero attached hydrogens (tertiary/aromatic N) is 1. The molecule has 4 heteroatoms. The minimum atomic E-state index is -0.264. The summed E-state index contributed by atoms with van der Waals surface area (Å²) in [7, 11) is 1.51. The Hall–Kier alpha value is -1.55. The van der Waals surface area contributed by atoms with Crippen molar-refractivity contribution >= 4 is 6.09 Å². The third kappa shape index (κ3) is 4.24. The van der Waals surface area contributed by atoms with Crippen molar-refractivity contribution in [1.29, 1.82) is 0 Å². The van der Waals surface area contributed by atoms with Crippen molar-refractivity contribution in [3.05, 3.63) is 35.9 Å². The number of likely N-dealkylation sites (tertiary alicyclic amines) is 1. The lowest BCUT2D eigenvalue weighted by Crippen LogP contribution is -2.39. The largest absolute Gasteiger partial charge is 0.422 e. The fourth-order valence-electron chi connectivity index (χ4n) is 2.47. The number of amides is 1. The molecular weight excluding hydrogens is 242 g/mol. The van der Waals surface area contributed by atoms with Crippen molar-refractivity contribution in [3.8, 4) is 0 Å². The Morgan fingerprint density at radius 3 is 2.58 bits per heavy atom. The van der Waals surface area contributed by atoms with Crippen LogP contribution in [0.25, 0.3) is 0 Å². The molecule has 1 heterocycles. The third-order valence-electron chi connectivity index (χ3n) is 3.54. The first-order valence-corrected chi connectivity index (χ1v) is 6.74. The van der Waals surface area contributed by atoms with E-state index in [0.29, 0.717) is 5.92 Å². The fourth-order valence-corrected chi connectivity index (χ4v) is 2.47. The minimum absolute atomic E-state index is 0.0305. The number of carbonyl (C=O) groups is 1. The van der Waals surface area contributed by atoms with Crippen LogP contribution in [0.3, 0.4) is 0 Å². The molecule has 1 aliphatic heterocycles. The Bertz CT molecular complexity index is 386. The second-order valence-electron chi connectivity index (χ2n) is 4.94. The van der Waals surface area contributed by atoms with E-state index in [9.17, 15) is 4.79 Å². The molecule has 1 aromatic rings. The topological polar surface area (TPSA) is 38.8 Å². The van der Waals surface area contributed by atoms with E-state index in [1.807, 2.05) is 6.07 Å². The lowest BCUT2D eigenvalue weighted by Gasteiger charge is -2.31. The zero-order valence-electron chi connectivity index (χ0n) is 11.4. The highest BCUT2D eigenvalue weighted by atomic mass is 16.7. The highest BCUT2D eigenvalue weighted by molar-refractivity contribution is 5.67. The zero-order valence-corrected chi connectivity index (χ0v) is 11.4. The number of hydrogen-bond acceptors (Lipinski definition) is 3. The van der Waals surface area contributed by atoms with E-state index in [1.54, 1.807) is 4.90 Å². The Morgan fingerprint density at radius 1 is 1.26 bits per heavy atom. The van der Waals surface area contributed by atoms with Gasteiger partial charge in [-0.3, -0.25) is 0 Å². The maximum atomic E-state index is 11.6. The molecule has 1 amide bonds. The first-order valence-electron chi connectivity index (χ1n) is 6.74. The van der Waals surface area contributed by atoms with E-state index < -0.39 is 0 Å². The SMILES string of the molecule is COCOC(=O)N1CCC(Cc2ccccc2)CC1. The van der Waals surface area contributed by atoms with Crippen molar-refractivity contribution in [3.63, 3.8) is 0 Å². The van der Waals surface area contributed by atoms with Gasteiger partial charge in [-0.15, -0.1) is 0 Å². The van der Waals surface area contributed by atoms with Gasteiger partial charge >= 0.3 is 6.09 Å². The Balaban J connectivity index is 1.75. The van der Waals surface area contributed by atoms with Gasteiger partial charge in [-0.2, -0.15) is 0 Å². The standard InChI is InChI=1S/C15H21NO3/c1-18-12-19-15(17)16-9-7-14(8-10-16)11-13-5-3-2-4-6-13/h2-6,14H,7-12H2,1H3. The van der Waals surface area contributed by atoms with Gasteiger partial charge in [-0.25, -0.2) is 4.79 Å². The van der Waals surface area contributed by atoms with E-state index in [0.717, 1.165) is 32.4 Å². The number of piperidine rings is 1. The molecule has 1 fully saturated rings. The van der Waals surface area contributed by atoms with Crippen molar-refractivity contribution < 1.29 is 14.3 Å². The van der Waals surface area contributed by atoms with Crippen LogP contribution in [-0.2, 0) is 15.9 Å². The number of rotatable bonds is 4. The van der Waals surface area contributed by atoms with Crippen LogP contribution in [0.5, 0.6) is 0 Å². The second kappa shape index (κ2) is 7.14. The Labute approximate surface area is 114 Å². The van der Waals surface area contributed by atoms with Gasteiger partial charge in [-0.05, 0) is 30.7 Å². The van der Waals surface area contributed by atoms with Crippen LogP contribution >= 0.6 is 0 Å². The van der Waals surface area contributed by atoms with Gasteiger partial charge in [0.25, 0.3) is 0 Å². The van der Waals surface area contributed by atoms with Crippen molar-refractivity contribution in [2.45, 2.75) is 19.3 Å². The van der Waals surface area contributed by atoms with Gasteiger partial charge in [-0.1, -0.05) is 30.3 Å². The molecule has 1 aromatic carbocycles. The quantitative estimate of drug-likeness (QED) is 0.784. The summed E-state index contributed by atoms with van der Waals surface area (Å²) in [6, 6.07) is 10.5. The summed E-state index contributed by atoms with van der Waals surface area (Å²) in [4.78, 5) is 13.4. The predicted octanol–water partition coefficient (Wildman–Crippen LogP) is 2.68. The molecule has 104 valence electrons. The number of benzene rings is 1. The van der Waals surface area contributed by atoms with E-state index in [-0.39, 0.29) is 12.9 Å². The molecule has 1 saturated heterocycles. The third-order valence-corrected chi connectivity index (χ3v) is 3.54. The first kappa shape index (κ1) is 13.9. The first-order chi connectivity index (χ1) is 9.29. The maximum absolute atomic E-state index is 11.6. The Morgan fingerprint density at radius 2 is 1.95 bits per heavy atom. The molecule has 1 aliphatic rings. The summed E-state index contributed by atoms with van der Waals surface area (Å²) in [6.45, 7) is 1.59. The van der Waals surface area contributed by atoms with Gasteiger partial charge < -0.3 is 14.4 Å². The average molecular weight is 263 g/mol. The summed E-state index contributed by atoms with van der Waals surface area (Å²) >= 11 is 0. The van der Waals surface area contributed by atoms with Gasteiger partial charge in [0.1, 0.15) is 0 Å². The number of methoxy groups -OCH3 is 1. The summed E-state index contributed by atoms with van der Waals surface area (Å²) in [5.74, 6) is 0.661. The van der Waals surface area contributed by atoms with Crippen LogP contribution < -0.4 is 0 Å². The lowest BCUT2D eigenvalue weighted by atomic mass is 9.90. The van der Waals surface area contributed by atoms with Crippen LogP contribution in [0.1, 0.15) is 18.4 Å².